The van der Waals surface area contributed by atoms with Gasteiger partial charge in [-0.15, -0.1) is 0 Å². The first-order valence-corrected chi connectivity index (χ1v) is 16.3. The maximum absolute atomic E-state index is 6.63. The molecule has 7 aromatic rings. The van der Waals surface area contributed by atoms with E-state index < -0.39 is 18.3 Å². The van der Waals surface area contributed by atoms with Crippen LogP contribution in [0.2, 0.25) is 0 Å². The third kappa shape index (κ3) is 5.13. The zero-order valence-electron chi connectivity index (χ0n) is 27.2. The second-order valence-corrected chi connectivity index (χ2v) is 13.3. The maximum atomic E-state index is 6.63. The molecule has 0 radical (unpaired) electrons. The van der Waals surface area contributed by atoms with Gasteiger partial charge in [0.2, 0.25) is 0 Å². The largest absolute Gasteiger partial charge is 0.494 e. The standard InChI is InChI=1S/C42H37BN2O2/c1-41(2)42(3,4)47-43(46-41)32-26-31(27-36(29-32)44(33-16-8-5-9-17-33)34-18-10-6-11-19-34)30-24-25-38-37-22-14-15-23-39(37)45(40(38)28-30)35-20-12-7-13-21-35/h5-29H,1-4H3. The van der Waals surface area contributed by atoms with Crippen LogP contribution in [0.15, 0.2) is 152 Å². The van der Waals surface area contributed by atoms with E-state index in [-0.39, 0.29) is 0 Å². The fraction of sp³-hybridized carbons (Fsp3) is 0.143. The first-order valence-electron chi connectivity index (χ1n) is 16.3. The highest BCUT2D eigenvalue weighted by Crippen LogP contribution is 2.40. The van der Waals surface area contributed by atoms with E-state index in [1.165, 1.54) is 21.8 Å². The van der Waals surface area contributed by atoms with Crippen LogP contribution in [-0.2, 0) is 9.31 Å². The monoisotopic (exact) mass is 612 g/mol. The topological polar surface area (TPSA) is 26.6 Å². The normalized spacial score (nSPS) is 15.4. The van der Waals surface area contributed by atoms with Gasteiger partial charge in [-0.05, 0) is 105 Å². The van der Waals surface area contributed by atoms with Crippen LogP contribution in [0.5, 0.6) is 0 Å². The van der Waals surface area contributed by atoms with E-state index in [2.05, 4.69) is 189 Å². The second-order valence-electron chi connectivity index (χ2n) is 13.3. The predicted molar refractivity (Wildman–Crippen MR) is 197 cm³/mol. The maximum Gasteiger partial charge on any atom is 0.494 e. The summed E-state index contributed by atoms with van der Waals surface area (Å²) in [4.78, 5) is 2.30. The SMILES string of the molecule is CC1(C)OB(c2cc(-c3ccc4c5ccccc5n(-c5ccccc5)c4c3)cc(N(c3ccccc3)c3ccccc3)c2)OC1(C)C. The Bertz CT molecular complexity index is 2150. The molecule has 2 heterocycles. The zero-order chi connectivity index (χ0) is 32.2. The number of anilines is 3. The number of aromatic nitrogens is 1. The van der Waals surface area contributed by atoms with E-state index >= 15 is 0 Å². The van der Waals surface area contributed by atoms with Gasteiger partial charge in [0.25, 0.3) is 0 Å². The van der Waals surface area contributed by atoms with Crippen molar-refractivity contribution >= 4 is 51.4 Å². The Hall–Kier alpha value is -5.10. The summed E-state index contributed by atoms with van der Waals surface area (Å²) in [6, 6.07) is 53.9. The molecule has 230 valence electrons. The van der Waals surface area contributed by atoms with Crippen LogP contribution in [-0.4, -0.2) is 22.9 Å². The number of fused-ring (bicyclic) bond motifs is 3. The average molecular weight is 613 g/mol. The second kappa shape index (κ2) is 11.3. The molecule has 1 aromatic heterocycles. The molecule has 0 saturated carbocycles. The van der Waals surface area contributed by atoms with Gasteiger partial charge in [-0.1, -0.05) is 91.0 Å². The van der Waals surface area contributed by atoms with Crippen molar-refractivity contribution < 1.29 is 9.31 Å². The molecule has 1 fully saturated rings. The van der Waals surface area contributed by atoms with Crippen molar-refractivity contribution in [3.8, 4) is 16.8 Å². The van der Waals surface area contributed by atoms with E-state index in [0.29, 0.717) is 0 Å². The van der Waals surface area contributed by atoms with Gasteiger partial charge in [-0.3, -0.25) is 0 Å². The van der Waals surface area contributed by atoms with E-state index in [1.54, 1.807) is 0 Å². The van der Waals surface area contributed by atoms with Crippen LogP contribution >= 0.6 is 0 Å². The molecule has 5 heteroatoms. The molecule has 1 saturated heterocycles. The molecule has 1 aliphatic heterocycles. The fourth-order valence-corrected chi connectivity index (χ4v) is 6.65. The summed E-state index contributed by atoms with van der Waals surface area (Å²) in [6.07, 6.45) is 0. The van der Waals surface area contributed by atoms with Gasteiger partial charge >= 0.3 is 7.12 Å². The lowest BCUT2D eigenvalue weighted by molar-refractivity contribution is 0.00578. The molecule has 6 aromatic carbocycles. The van der Waals surface area contributed by atoms with Crippen molar-refractivity contribution in [3.05, 3.63) is 152 Å². The molecule has 1 aliphatic rings. The summed E-state index contributed by atoms with van der Waals surface area (Å²) in [5.74, 6) is 0. The van der Waals surface area contributed by atoms with Crippen LogP contribution < -0.4 is 10.4 Å². The average Bonchev–Trinajstić information content (AvgIpc) is 3.54. The van der Waals surface area contributed by atoms with Gasteiger partial charge < -0.3 is 18.8 Å². The van der Waals surface area contributed by atoms with E-state index in [4.69, 9.17) is 9.31 Å². The van der Waals surface area contributed by atoms with Crippen LogP contribution in [0.25, 0.3) is 38.6 Å². The molecule has 0 atom stereocenters. The third-order valence-corrected chi connectivity index (χ3v) is 9.77. The van der Waals surface area contributed by atoms with E-state index in [0.717, 1.165) is 39.3 Å². The molecular weight excluding hydrogens is 575 g/mol. The Kier molecular flexibility index (Phi) is 7.05. The Morgan fingerprint density at radius 3 is 1.68 bits per heavy atom. The molecule has 0 amide bonds. The Balaban J connectivity index is 1.36. The van der Waals surface area contributed by atoms with Gasteiger partial charge in [-0.2, -0.15) is 0 Å². The van der Waals surface area contributed by atoms with Gasteiger partial charge in [0.1, 0.15) is 0 Å². The van der Waals surface area contributed by atoms with E-state index in [1.807, 2.05) is 0 Å². The summed E-state index contributed by atoms with van der Waals surface area (Å²) in [5, 5.41) is 2.47. The molecule has 47 heavy (non-hydrogen) atoms. The molecule has 0 bridgehead atoms. The number of hydrogen-bond donors (Lipinski definition) is 0. The molecule has 8 rings (SSSR count). The molecular formula is C42H37BN2O2. The van der Waals surface area contributed by atoms with Crippen LogP contribution in [0.4, 0.5) is 17.1 Å². The summed E-state index contributed by atoms with van der Waals surface area (Å²) < 4.78 is 15.6. The minimum absolute atomic E-state index is 0.456. The minimum atomic E-state index is -0.508. The quantitative estimate of drug-likeness (QED) is 0.175. The van der Waals surface area contributed by atoms with Crippen LogP contribution in [0.3, 0.4) is 0 Å². The Morgan fingerprint density at radius 1 is 0.489 bits per heavy atom. The number of nitrogens with zero attached hydrogens (tertiary/aromatic N) is 2. The van der Waals surface area contributed by atoms with Crippen molar-refractivity contribution in [2.24, 2.45) is 0 Å². The first-order chi connectivity index (χ1) is 22.8. The summed E-state index contributed by atoms with van der Waals surface area (Å²) >= 11 is 0. The predicted octanol–water partition coefficient (Wildman–Crippen LogP) is 10.2. The summed E-state index contributed by atoms with van der Waals surface area (Å²) in [6.45, 7) is 8.42. The molecule has 0 spiro atoms. The Labute approximate surface area is 277 Å². The van der Waals surface area contributed by atoms with Crippen molar-refractivity contribution in [2.45, 2.75) is 38.9 Å². The number of hydrogen-bond acceptors (Lipinski definition) is 3. The van der Waals surface area contributed by atoms with Crippen LogP contribution in [0, 0.1) is 0 Å². The zero-order valence-corrected chi connectivity index (χ0v) is 27.2. The summed E-state index contributed by atoms with van der Waals surface area (Å²) in [7, 11) is -0.508. The lowest BCUT2D eigenvalue weighted by atomic mass is 9.77. The van der Waals surface area contributed by atoms with Crippen molar-refractivity contribution in [2.75, 3.05) is 4.90 Å². The number of rotatable bonds is 6. The lowest BCUT2D eigenvalue weighted by Gasteiger charge is -2.32. The highest BCUT2D eigenvalue weighted by atomic mass is 16.7. The van der Waals surface area contributed by atoms with Crippen molar-refractivity contribution in [1.29, 1.82) is 0 Å². The molecule has 0 unspecified atom stereocenters. The highest BCUT2D eigenvalue weighted by Gasteiger charge is 2.51. The molecule has 4 nitrogen and oxygen atoms in total. The lowest BCUT2D eigenvalue weighted by Crippen LogP contribution is -2.41. The molecule has 0 N–H and O–H groups in total. The third-order valence-electron chi connectivity index (χ3n) is 9.77. The van der Waals surface area contributed by atoms with Crippen molar-refractivity contribution in [3.63, 3.8) is 0 Å². The number of benzene rings is 6. The Morgan fingerprint density at radius 2 is 1.04 bits per heavy atom. The first kappa shape index (κ1) is 29.3. The van der Waals surface area contributed by atoms with Gasteiger partial charge in [0.05, 0.1) is 22.2 Å². The van der Waals surface area contributed by atoms with Crippen molar-refractivity contribution in [1.82, 2.24) is 4.57 Å². The van der Waals surface area contributed by atoms with E-state index in [9.17, 15) is 0 Å². The van der Waals surface area contributed by atoms with Gasteiger partial charge in [-0.25, -0.2) is 0 Å². The van der Waals surface area contributed by atoms with Gasteiger partial charge in [0, 0.05) is 33.5 Å². The molecule has 0 aliphatic carbocycles. The number of para-hydroxylation sites is 4. The smallest absolute Gasteiger partial charge is 0.399 e. The fourth-order valence-electron chi connectivity index (χ4n) is 6.65. The van der Waals surface area contributed by atoms with Crippen LogP contribution in [0.1, 0.15) is 27.7 Å². The highest BCUT2D eigenvalue weighted by molar-refractivity contribution is 6.62. The minimum Gasteiger partial charge on any atom is -0.399 e. The van der Waals surface area contributed by atoms with Gasteiger partial charge in [0.15, 0.2) is 0 Å². The summed E-state index contributed by atoms with van der Waals surface area (Å²) in [5.41, 5.74) is 8.98.